The molecule has 2 aromatic heterocycles. The summed E-state index contributed by atoms with van der Waals surface area (Å²) in [5.41, 5.74) is 3.68. The van der Waals surface area contributed by atoms with Gasteiger partial charge in [-0.3, -0.25) is 0 Å². The maximum Gasteiger partial charge on any atom is 0.137 e. The number of allylic oxidation sites excluding steroid dienone is 1. The Balaban J connectivity index is 1.71. The molecular weight excluding hydrogens is 470 g/mol. The molecule has 7 heteroatoms. The highest BCUT2D eigenvalue weighted by Crippen LogP contribution is 2.30. The molecule has 0 aliphatic heterocycles. The lowest BCUT2D eigenvalue weighted by Crippen LogP contribution is -1.87. The standard InChI is InChI=1S/C22H13BrClN3OS/c1-28-18-5-2-13(3-6-18)20-12-29-22(27-20)16(11-25)9-15-8-14-10-17(23)4-7-19(14)26-21(15)24/h2-10,12H,1H3. The lowest BCUT2D eigenvalue weighted by atomic mass is 10.1. The molecule has 142 valence electrons. The molecule has 4 nitrogen and oxygen atoms in total. The summed E-state index contributed by atoms with van der Waals surface area (Å²) in [6, 6.07) is 17.6. The first kappa shape index (κ1) is 19.6. The molecule has 4 rings (SSSR count). The summed E-state index contributed by atoms with van der Waals surface area (Å²) in [6.07, 6.45) is 1.73. The summed E-state index contributed by atoms with van der Waals surface area (Å²) in [7, 11) is 1.63. The van der Waals surface area contributed by atoms with Crippen LogP contribution in [-0.4, -0.2) is 17.1 Å². The van der Waals surface area contributed by atoms with E-state index in [0.717, 1.165) is 32.4 Å². The van der Waals surface area contributed by atoms with Gasteiger partial charge in [-0.05, 0) is 54.6 Å². The van der Waals surface area contributed by atoms with E-state index >= 15 is 0 Å². The second kappa shape index (κ2) is 8.34. The quantitative estimate of drug-likeness (QED) is 0.236. The van der Waals surface area contributed by atoms with Crippen molar-refractivity contribution in [3.63, 3.8) is 0 Å². The first-order valence-corrected chi connectivity index (χ1v) is 10.6. The second-order valence-corrected chi connectivity index (χ2v) is 8.27. The Kier molecular flexibility index (Phi) is 5.63. The first-order valence-electron chi connectivity index (χ1n) is 8.55. The summed E-state index contributed by atoms with van der Waals surface area (Å²) in [6.45, 7) is 0. The molecule has 0 atom stereocenters. The molecule has 0 aliphatic carbocycles. The van der Waals surface area contributed by atoms with Crippen LogP contribution < -0.4 is 4.74 Å². The lowest BCUT2D eigenvalue weighted by Gasteiger charge is -2.03. The van der Waals surface area contributed by atoms with Gasteiger partial charge in [0.15, 0.2) is 0 Å². The molecule has 0 fully saturated rings. The van der Waals surface area contributed by atoms with Gasteiger partial charge < -0.3 is 4.74 Å². The number of hydrogen-bond acceptors (Lipinski definition) is 5. The van der Waals surface area contributed by atoms with Gasteiger partial charge in [-0.15, -0.1) is 11.3 Å². The second-order valence-electron chi connectivity index (χ2n) is 6.14. The number of rotatable bonds is 4. The van der Waals surface area contributed by atoms with Crippen LogP contribution in [0.15, 0.2) is 58.4 Å². The summed E-state index contributed by atoms with van der Waals surface area (Å²) in [4.78, 5) is 9.05. The maximum absolute atomic E-state index is 9.70. The van der Waals surface area contributed by atoms with Crippen molar-refractivity contribution >= 4 is 61.4 Å². The number of hydrogen-bond donors (Lipinski definition) is 0. The van der Waals surface area contributed by atoms with Crippen molar-refractivity contribution in [2.24, 2.45) is 0 Å². The number of aromatic nitrogens is 2. The summed E-state index contributed by atoms with van der Waals surface area (Å²) >= 11 is 11.2. The van der Waals surface area contributed by atoms with Gasteiger partial charge in [0.1, 0.15) is 22.0 Å². The van der Waals surface area contributed by atoms with Crippen molar-refractivity contribution in [3.05, 3.63) is 74.1 Å². The molecule has 0 aliphatic rings. The van der Waals surface area contributed by atoms with E-state index in [-0.39, 0.29) is 0 Å². The molecule has 0 unspecified atom stereocenters. The van der Waals surface area contributed by atoms with Gasteiger partial charge in [0.25, 0.3) is 0 Å². The largest absolute Gasteiger partial charge is 0.497 e. The molecule has 0 N–H and O–H groups in total. The van der Waals surface area contributed by atoms with Crippen LogP contribution in [0.4, 0.5) is 0 Å². The average Bonchev–Trinajstić information content (AvgIpc) is 3.22. The maximum atomic E-state index is 9.70. The van der Waals surface area contributed by atoms with E-state index in [0.29, 0.717) is 21.3 Å². The predicted octanol–water partition coefficient (Wildman–Crippen LogP) is 6.85. The number of fused-ring (bicyclic) bond motifs is 1. The molecule has 0 spiro atoms. The zero-order valence-electron chi connectivity index (χ0n) is 15.2. The average molecular weight is 483 g/mol. The van der Waals surface area contributed by atoms with E-state index in [4.69, 9.17) is 16.3 Å². The van der Waals surface area contributed by atoms with Gasteiger partial charge in [-0.1, -0.05) is 27.5 Å². The van der Waals surface area contributed by atoms with Crippen molar-refractivity contribution in [2.45, 2.75) is 0 Å². The molecule has 4 aromatic rings. The molecule has 0 saturated carbocycles. The Hall–Kier alpha value is -2.72. The monoisotopic (exact) mass is 481 g/mol. The molecular formula is C22H13BrClN3OS. The van der Waals surface area contributed by atoms with Gasteiger partial charge in [-0.25, -0.2) is 9.97 Å². The lowest BCUT2D eigenvalue weighted by molar-refractivity contribution is 0.415. The highest BCUT2D eigenvalue weighted by molar-refractivity contribution is 9.10. The van der Waals surface area contributed by atoms with Crippen LogP contribution in [0.3, 0.4) is 0 Å². The third kappa shape index (κ3) is 4.18. The van der Waals surface area contributed by atoms with Crippen LogP contribution in [0.2, 0.25) is 5.15 Å². The fraction of sp³-hybridized carbons (Fsp3) is 0.0455. The van der Waals surface area contributed by atoms with Crippen molar-refractivity contribution in [3.8, 4) is 23.1 Å². The normalized spacial score (nSPS) is 11.4. The minimum Gasteiger partial charge on any atom is -0.497 e. The van der Waals surface area contributed by atoms with Crippen LogP contribution >= 0.6 is 38.9 Å². The van der Waals surface area contributed by atoms with E-state index in [1.807, 2.05) is 53.9 Å². The fourth-order valence-electron chi connectivity index (χ4n) is 2.83. The molecule has 0 radical (unpaired) electrons. The van der Waals surface area contributed by atoms with Gasteiger partial charge in [0, 0.05) is 26.4 Å². The van der Waals surface area contributed by atoms with Crippen molar-refractivity contribution in [1.82, 2.24) is 9.97 Å². The van der Waals surface area contributed by atoms with Gasteiger partial charge in [0.05, 0.1) is 23.9 Å². The van der Waals surface area contributed by atoms with Crippen LogP contribution in [0.5, 0.6) is 5.75 Å². The van der Waals surface area contributed by atoms with Crippen LogP contribution in [0.1, 0.15) is 10.6 Å². The third-order valence-electron chi connectivity index (χ3n) is 4.30. The van der Waals surface area contributed by atoms with Crippen molar-refractivity contribution < 1.29 is 4.74 Å². The Bertz CT molecular complexity index is 1280. The highest BCUT2D eigenvalue weighted by Gasteiger charge is 2.11. The van der Waals surface area contributed by atoms with Crippen molar-refractivity contribution in [1.29, 1.82) is 5.26 Å². The minimum absolute atomic E-state index is 0.347. The number of nitrogens with zero attached hydrogens (tertiary/aromatic N) is 3. The summed E-state index contributed by atoms with van der Waals surface area (Å²) in [5, 5.41) is 13.5. The number of nitriles is 1. The van der Waals surface area contributed by atoms with Crippen LogP contribution in [0.25, 0.3) is 33.8 Å². The zero-order valence-corrected chi connectivity index (χ0v) is 18.3. The number of halogens is 2. The molecule has 0 saturated heterocycles. The number of thiazole rings is 1. The van der Waals surface area contributed by atoms with Crippen molar-refractivity contribution in [2.75, 3.05) is 7.11 Å². The van der Waals surface area contributed by atoms with Crippen LogP contribution in [-0.2, 0) is 0 Å². The van der Waals surface area contributed by atoms with E-state index in [1.54, 1.807) is 13.2 Å². The molecule has 2 heterocycles. The molecule has 0 bridgehead atoms. The van der Waals surface area contributed by atoms with E-state index in [9.17, 15) is 5.26 Å². The Labute approximate surface area is 185 Å². The summed E-state index contributed by atoms with van der Waals surface area (Å²) < 4.78 is 6.14. The Morgan fingerprint density at radius 2 is 1.97 bits per heavy atom. The van der Waals surface area contributed by atoms with E-state index < -0.39 is 0 Å². The SMILES string of the molecule is COc1ccc(-c2csc(C(C#N)=Cc3cc4cc(Br)ccc4nc3Cl)n2)cc1. The number of methoxy groups -OCH3 is 1. The Morgan fingerprint density at radius 3 is 2.69 bits per heavy atom. The minimum atomic E-state index is 0.347. The zero-order chi connectivity index (χ0) is 20.4. The summed E-state index contributed by atoms with van der Waals surface area (Å²) in [5.74, 6) is 0.784. The first-order chi connectivity index (χ1) is 14.1. The molecule has 0 amide bonds. The van der Waals surface area contributed by atoms with Gasteiger partial charge in [-0.2, -0.15) is 5.26 Å². The van der Waals surface area contributed by atoms with E-state index in [2.05, 4.69) is 32.0 Å². The topological polar surface area (TPSA) is 58.8 Å². The van der Waals surface area contributed by atoms with Gasteiger partial charge >= 0.3 is 0 Å². The number of pyridine rings is 1. The number of ether oxygens (including phenoxy) is 1. The fourth-order valence-corrected chi connectivity index (χ4v) is 4.20. The molecule has 29 heavy (non-hydrogen) atoms. The number of benzene rings is 2. The van der Waals surface area contributed by atoms with Crippen LogP contribution in [0, 0.1) is 11.3 Å². The van der Waals surface area contributed by atoms with E-state index in [1.165, 1.54) is 11.3 Å². The van der Waals surface area contributed by atoms with Gasteiger partial charge in [0.2, 0.25) is 0 Å². The predicted molar refractivity (Wildman–Crippen MR) is 122 cm³/mol. The smallest absolute Gasteiger partial charge is 0.137 e. The Morgan fingerprint density at radius 1 is 1.17 bits per heavy atom. The molecule has 2 aromatic carbocycles. The third-order valence-corrected chi connectivity index (χ3v) is 5.97. The highest BCUT2D eigenvalue weighted by atomic mass is 79.9.